The Kier molecular flexibility index (Phi) is 4.84. The van der Waals surface area contributed by atoms with Crippen LogP contribution in [0.4, 0.5) is 0 Å². The summed E-state index contributed by atoms with van der Waals surface area (Å²) in [6.45, 7) is 13.1. The van der Waals surface area contributed by atoms with Gasteiger partial charge in [0.05, 0.1) is 12.6 Å². The summed E-state index contributed by atoms with van der Waals surface area (Å²) in [5, 5.41) is 13.3. The Hall–Kier alpha value is -0.900. The molecule has 1 unspecified atom stereocenters. The minimum atomic E-state index is 0.124. The lowest BCUT2D eigenvalue weighted by Crippen LogP contribution is -2.46. The Morgan fingerprint density at radius 1 is 1.25 bits per heavy atom. The van der Waals surface area contributed by atoms with Gasteiger partial charge in [-0.2, -0.15) is 0 Å². The average Bonchev–Trinajstić information content (AvgIpc) is 2.41. The summed E-state index contributed by atoms with van der Waals surface area (Å²) >= 11 is 0. The molecule has 0 aliphatic carbocycles. The van der Waals surface area contributed by atoms with Gasteiger partial charge >= 0.3 is 0 Å². The number of benzene rings is 1. The number of nitrogens with zero attached hydrogens (tertiary/aromatic N) is 1. The van der Waals surface area contributed by atoms with Crippen LogP contribution >= 0.6 is 0 Å². The largest absolute Gasteiger partial charge is 0.394 e. The van der Waals surface area contributed by atoms with Gasteiger partial charge in [0.2, 0.25) is 0 Å². The first-order chi connectivity index (χ1) is 9.43. The van der Waals surface area contributed by atoms with Gasteiger partial charge in [0.25, 0.3) is 0 Å². The van der Waals surface area contributed by atoms with Crippen molar-refractivity contribution in [2.24, 2.45) is 0 Å². The summed E-state index contributed by atoms with van der Waals surface area (Å²) in [6.07, 6.45) is 0. The Labute approximate surface area is 123 Å². The minimum Gasteiger partial charge on any atom is -0.394 e. The average molecular weight is 276 g/mol. The van der Waals surface area contributed by atoms with Gasteiger partial charge in [0.1, 0.15) is 0 Å². The molecule has 3 nitrogen and oxygen atoms in total. The molecule has 0 amide bonds. The molecule has 1 heterocycles. The standard InChI is InChI=1S/C17H28N2O/c1-13-5-6-14(17(2,3)4)11-15(13)16(12-20)19-9-7-18-8-10-19/h5-6,11,16,18,20H,7-10,12H2,1-4H3. The predicted octanol–water partition coefficient (Wildman–Crippen LogP) is 2.23. The molecule has 0 aromatic heterocycles. The topological polar surface area (TPSA) is 35.5 Å². The van der Waals surface area contributed by atoms with Gasteiger partial charge in [0.15, 0.2) is 0 Å². The van der Waals surface area contributed by atoms with Crippen molar-refractivity contribution in [2.75, 3.05) is 32.8 Å². The minimum absolute atomic E-state index is 0.124. The summed E-state index contributed by atoms with van der Waals surface area (Å²) < 4.78 is 0. The predicted molar refractivity (Wildman–Crippen MR) is 84.1 cm³/mol. The Bertz CT molecular complexity index is 445. The number of aliphatic hydroxyl groups excluding tert-OH is 1. The highest BCUT2D eigenvalue weighted by molar-refractivity contribution is 5.36. The van der Waals surface area contributed by atoms with Crippen LogP contribution in [-0.4, -0.2) is 42.8 Å². The number of rotatable bonds is 3. The van der Waals surface area contributed by atoms with E-state index in [4.69, 9.17) is 0 Å². The second-order valence-corrected chi connectivity index (χ2v) is 6.81. The number of hydrogen-bond donors (Lipinski definition) is 2. The lowest BCUT2D eigenvalue weighted by Gasteiger charge is -2.35. The summed E-state index contributed by atoms with van der Waals surface area (Å²) in [7, 11) is 0. The van der Waals surface area contributed by atoms with E-state index >= 15 is 0 Å². The number of aliphatic hydroxyl groups is 1. The van der Waals surface area contributed by atoms with E-state index in [1.54, 1.807) is 0 Å². The fourth-order valence-electron chi connectivity index (χ4n) is 2.87. The van der Waals surface area contributed by atoms with Crippen LogP contribution in [0.25, 0.3) is 0 Å². The Balaban J connectivity index is 2.32. The van der Waals surface area contributed by atoms with E-state index in [1.807, 2.05) is 0 Å². The van der Waals surface area contributed by atoms with Gasteiger partial charge in [-0.3, -0.25) is 4.90 Å². The lowest BCUT2D eigenvalue weighted by atomic mass is 9.84. The van der Waals surface area contributed by atoms with E-state index in [9.17, 15) is 5.11 Å². The van der Waals surface area contributed by atoms with Crippen LogP contribution in [0, 0.1) is 6.92 Å². The molecule has 0 radical (unpaired) electrons. The third-order valence-electron chi connectivity index (χ3n) is 4.27. The molecule has 20 heavy (non-hydrogen) atoms. The molecule has 1 fully saturated rings. The molecule has 1 aliphatic rings. The summed E-state index contributed by atoms with van der Waals surface area (Å²) in [4.78, 5) is 2.39. The van der Waals surface area contributed by atoms with Gasteiger partial charge in [-0.1, -0.05) is 39.0 Å². The van der Waals surface area contributed by atoms with Crippen molar-refractivity contribution in [3.63, 3.8) is 0 Å². The second kappa shape index (κ2) is 6.25. The molecule has 2 rings (SSSR count). The molecule has 2 N–H and O–H groups in total. The summed E-state index contributed by atoms with van der Waals surface area (Å²) in [5.41, 5.74) is 4.04. The smallest absolute Gasteiger partial charge is 0.0628 e. The molecule has 0 bridgehead atoms. The molecule has 3 heteroatoms. The van der Waals surface area contributed by atoms with E-state index in [0.717, 1.165) is 26.2 Å². The number of hydrogen-bond acceptors (Lipinski definition) is 3. The maximum absolute atomic E-state index is 9.89. The molecule has 112 valence electrons. The zero-order chi connectivity index (χ0) is 14.8. The van der Waals surface area contributed by atoms with E-state index in [1.165, 1.54) is 16.7 Å². The molecule has 0 spiro atoms. The first kappa shape index (κ1) is 15.5. The van der Waals surface area contributed by atoms with Gasteiger partial charge in [-0.05, 0) is 29.0 Å². The molecule has 1 aromatic carbocycles. The second-order valence-electron chi connectivity index (χ2n) is 6.81. The zero-order valence-corrected chi connectivity index (χ0v) is 13.2. The van der Waals surface area contributed by atoms with Crippen molar-refractivity contribution in [1.29, 1.82) is 0 Å². The highest BCUT2D eigenvalue weighted by Gasteiger charge is 2.24. The third-order valence-corrected chi connectivity index (χ3v) is 4.27. The molecule has 1 atom stereocenters. The van der Waals surface area contributed by atoms with E-state index in [2.05, 4.69) is 56.1 Å². The maximum atomic E-state index is 9.89. The molecule has 1 aromatic rings. The van der Waals surface area contributed by atoms with Crippen LogP contribution in [0.3, 0.4) is 0 Å². The van der Waals surface area contributed by atoms with E-state index in [-0.39, 0.29) is 18.1 Å². The van der Waals surface area contributed by atoms with Crippen LogP contribution in [0.15, 0.2) is 18.2 Å². The van der Waals surface area contributed by atoms with Crippen molar-refractivity contribution < 1.29 is 5.11 Å². The zero-order valence-electron chi connectivity index (χ0n) is 13.2. The van der Waals surface area contributed by atoms with Gasteiger partial charge in [-0.15, -0.1) is 0 Å². The van der Waals surface area contributed by atoms with Crippen molar-refractivity contribution >= 4 is 0 Å². The number of piperazine rings is 1. The molecular weight excluding hydrogens is 248 g/mol. The van der Waals surface area contributed by atoms with Crippen molar-refractivity contribution in [3.05, 3.63) is 34.9 Å². The molecule has 0 saturated carbocycles. The van der Waals surface area contributed by atoms with Crippen molar-refractivity contribution in [1.82, 2.24) is 10.2 Å². The maximum Gasteiger partial charge on any atom is 0.0628 e. The monoisotopic (exact) mass is 276 g/mol. The van der Waals surface area contributed by atoms with Gasteiger partial charge in [0, 0.05) is 26.2 Å². The van der Waals surface area contributed by atoms with E-state index < -0.39 is 0 Å². The number of aryl methyl sites for hydroxylation is 1. The van der Waals surface area contributed by atoms with Crippen LogP contribution in [-0.2, 0) is 5.41 Å². The SMILES string of the molecule is Cc1ccc(C(C)(C)C)cc1C(CO)N1CCNCC1. The molecular formula is C17H28N2O. The van der Waals surface area contributed by atoms with Gasteiger partial charge < -0.3 is 10.4 Å². The fourth-order valence-corrected chi connectivity index (χ4v) is 2.87. The Morgan fingerprint density at radius 3 is 2.45 bits per heavy atom. The van der Waals surface area contributed by atoms with Crippen LogP contribution in [0.5, 0.6) is 0 Å². The quantitative estimate of drug-likeness (QED) is 0.888. The number of nitrogens with one attached hydrogen (secondary N) is 1. The first-order valence-electron chi connectivity index (χ1n) is 7.60. The third kappa shape index (κ3) is 3.40. The molecule has 1 aliphatic heterocycles. The Morgan fingerprint density at radius 2 is 1.90 bits per heavy atom. The summed E-state index contributed by atoms with van der Waals surface area (Å²) in [5.74, 6) is 0. The fraction of sp³-hybridized carbons (Fsp3) is 0.647. The lowest BCUT2D eigenvalue weighted by molar-refractivity contribution is 0.110. The van der Waals surface area contributed by atoms with Crippen molar-refractivity contribution in [3.8, 4) is 0 Å². The van der Waals surface area contributed by atoms with Crippen molar-refractivity contribution in [2.45, 2.75) is 39.2 Å². The first-order valence-corrected chi connectivity index (χ1v) is 7.60. The molecule has 1 saturated heterocycles. The highest BCUT2D eigenvalue weighted by atomic mass is 16.3. The van der Waals surface area contributed by atoms with Gasteiger partial charge in [-0.25, -0.2) is 0 Å². The van der Waals surface area contributed by atoms with Crippen LogP contribution in [0.2, 0.25) is 0 Å². The highest BCUT2D eigenvalue weighted by Crippen LogP contribution is 2.30. The normalized spacial score (nSPS) is 19.1. The summed E-state index contributed by atoms with van der Waals surface area (Å²) in [6, 6.07) is 6.82. The van der Waals surface area contributed by atoms with Crippen LogP contribution in [0.1, 0.15) is 43.5 Å². The van der Waals surface area contributed by atoms with E-state index in [0.29, 0.717) is 0 Å². The van der Waals surface area contributed by atoms with Crippen LogP contribution < -0.4 is 5.32 Å².